The van der Waals surface area contributed by atoms with Crippen molar-refractivity contribution in [3.8, 4) is 0 Å². The van der Waals surface area contributed by atoms with E-state index in [1.54, 1.807) is 6.92 Å². The van der Waals surface area contributed by atoms with Crippen LogP contribution in [-0.2, 0) is 19.1 Å². The van der Waals surface area contributed by atoms with Gasteiger partial charge in [-0.3, -0.25) is 4.79 Å². The zero-order valence-corrected chi connectivity index (χ0v) is 9.19. The highest BCUT2D eigenvalue weighted by atomic mass is 32.2. The van der Waals surface area contributed by atoms with Crippen LogP contribution >= 0.6 is 11.8 Å². The van der Waals surface area contributed by atoms with Gasteiger partial charge in [-0.15, -0.1) is 11.8 Å². The van der Waals surface area contributed by atoms with Gasteiger partial charge in [0.05, 0.1) is 19.5 Å². The van der Waals surface area contributed by atoms with Gasteiger partial charge in [-0.1, -0.05) is 6.58 Å². The molecule has 80 valence electrons. The summed E-state index contributed by atoms with van der Waals surface area (Å²) in [6, 6.07) is 0. The third-order valence-corrected chi connectivity index (χ3v) is 2.28. The molecule has 0 radical (unpaired) electrons. The number of hydrogen-bond donors (Lipinski definition) is 0. The van der Waals surface area contributed by atoms with Crippen LogP contribution in [0.1, 0.15) is 6.92 Å². The number of ether oxygens (including phenoxy) is 2. The summed E-state index contributed by atoms with van der Waals surface area (Å²) in [6.45, 7) is 5.61. The van der Waals surface area contributed by atoms with Gasteiger partial charge in [0.1, 0.15) is 0 Å². The van der Waals surface area contributed by atoms with Crippen molar-refractivity contribution in [2.45, 2.75) is 6.92 Å². The minimum absolute atomic E-state index is 0.217. The Hall–Kier alpha value is -0.970. The van der Waals surface area contributed by atoms with Gasteiger partial charge >= 0.3 is 11.9 Å². The first-order valence-corrected chi connectivity index (χ1v) is 5.26. The van der Waals surface area contributed by atoms with Crippen LogP contribution in [0.2, 0.25) is 0 Å². The molecule has 5 heteroatoms. The number of thioether (sulfide) groups is 1. The summed E-state index contributed by atoms with van der Waals surface area (Å²) in [4.78, 5) is 21.7. The standard InChI is InChI=1S/C9H14O4S/c1-4-13-9(11)7(2)5-14-6-8(10)12-3/h2,4-6H2,1,3H3. The van der Waals surface area contributed by atoms with E-state index in [9.17, 15) is 9.59 Å². The SMILES string of the molecule is C=C(CSCC(=O)OC)C(=O)OCC. The van der Waals surface area contributed by atoms with Crippen molar-refractivity contribution in [3.63, 3.8) is 0 Å². The van der Waals surface area contributed by atoms with Crippen LogP contribution in [0.5, 0.6) is 0 Å². The molecule has 14 heavy (non-hydrogen) atoms. The smallest absolute Gasteiger partial charge is 0.334 e. The van der Waals surface area contributed by atoms with Crippen LogP contribution in [-0.4, -0.2) is 37.2 Å². The monoisotopic (exact) mass is 218 g/mol. The molecular formula is C9H14O4S. The van der Waals surface area contributed by atoms with Gasteiger partial charge in [-0.2, -0.15) is 0 Å². The molecule has 4 nitrogen and oxygen atoms in total. The fourth-order valence-electron chi connectivity index (χ4n) is 0.609. The largest absolute Gasteiger partial charge is 0.468 e. The van der Waals surface area contributed by atoms with Gasteiger partial charge in [-0.05, 0) is 6.92 Å². The molecule has 0 unspecified atom stereocenters. The maximum Gasteiger partial charge on any atom is 0.334 e. The van der Waals surface area contributed by atoms with Gasteiger partial charge in [0.2, 0.25) is 0 Å². The predicted molar refractivity (Wildman–Crippen MR) is 55.1 cm³/mol. The molecule has 0 saturated carbocycles. The van der Waals surface area contributed by atoms with Crippen molar-refractivity contribution in [1.82, 2.24) is 0 Å². The molecule has 0 aliphatic rings. The highest BCUT2D eigenvalue weighted by molar-refractivity contribution is 8.00. The lowest BCUT2D eigenvalue weighted by molar-refractivity contribution is -0.139. The van der Waals surface area contributed by atoms with E-state index in [1.165, 1.54) is 18.9 Å². The molecule has 0 saturated heterocycles. The van der Waals surface area contributed by atoms with Crippen LogP contribution in [0.25, 0.3) is 0 Å². The molecule has 0 aromatic carbocycles. The Labute approximate surface area is 87.6 Å². The average molecular weight is 218 g/mol. The third kappa shape index (κ3) is 5.64. The first-order chi connectivity index (χ1) is 6.61. The van der Waals surface area contributed by atoms with E-state index in [4.69, 9.17) is 4.74 Å². The molecule has 0 atom stereocenters. The second kappa shape index (κ2) is 7.44. The van der Waals surface area contributed by atoms with Crippen molar-refractivity contribution in [2.24, 2.45) is 0 Å². The van der Waals surface area contributed by atoms with E-state index < -0.39 is 5.97 Å². The number of carbonyl (C=O) groups is 2. The molecule has 0 spiro atoms. The molecule has 0 N–H and O–H groups in total. The van der Waals surface area contributed by atoms with Crippen molar-refractivity contribution in [1.29, 1.82) is 0 Å². The van der Waals surface area contributed by atoms with Crippen LogP contribution in [0.4, 0.5) is 0 Å². The van der Waals surface area contributed by atoms with Gasteiger partial charge in [0, 0.05) is 11.3 Å². The predicted octanol–water partition coefficient (Wildman–Crippen LogP) is 1.01. The highest BCUT2D eigenvalue weighted by Gasteiger charge is 2.08. The number of hydrogen-bond acceptors (Lipinski definition) is 5. The first-order valence-electron chi connectivity index (χ1n) is 4.11. The van der Waals surface area contributed by atoms with E-state index >= 15 is 0 Å². The van der Waals surface area contributed by atoms with Crippen LogP contribution < -0.4 is 0 Å². The Kier molecular flexibility index (Phi) is 6.92. The summed E-state index contributed by atoms with van der Waals surface area (Å²) in [5.74, 6) is -0.125. The summed E-state index contributed by atoms with van der Waals surface area (Å²) in [5, 5.41) is 0. The molecule has 0 aliphatic carbocycles. The fourth-order valence-corrected chi connectivity index (χ4v) is 1.36. The Bertz CT molecular complexity index is 225. The van der Waals surface area contributed by atoms with Gasteiger partial charge in [0.15, 0.2) is 0 Å². The van der Waals surface area contributed by atoms with Gasteiger partial charge in [-0.25, -0.2) is 4.79 Å². The Balaban J connectivity index is 3.63. The second-order valence-corrected chi connectivity index (χ2v) is 3.38. The maximum atomic E-state index is 11.0. The molecular weight excluding hydrogens is 204 g/mol. The fraction of sp³-hybridized carbons (Fsp3) is 0.556. The third-order valence-electron chi connectivity index (χ3n) is 1.29. The van der Waals surface area contributed by atoms with Gasteiger partial charge < -0.3 is 9.47 Å². The van der Waals surface area contributed by atoms with Gasteiger partial charge in [0.25, 0.3) is 0 Å². The quantitative estimate of drug-likeness (QED) is 0.492. The summed E-state index contributed by atoms with van der Waals surface area (Å²) in [6.07, 6.45) is 0. The summed E-state index contributed by atoms with van der Waals surface area (Å²) in [5.41, 5.74) is 0.362. The van der Waals surface area contributed by atoms with E-state index in [0.29, 0.717) is 17.9 Å². The van der Waals surface area contributed by atoms with Crippen molar-refractivity contribution < 1.29 is 19.1 Å². The molecule has 0 heterocycles. The van der Waals surface area contributed by atoms with Crippen LogP contribution in [0, 0.1) is 0 Å². The first kappa shape index (κ1) is 13.0. The Morgan fingerprint density at radius 2 is 2.00 bits per heavy atom. The average Bonchev–Trinajstić information content (AvgIpc) is 2.17. The normalized spacial score (nSPS) is 9.29. The number of rotatable bonds is 6. The summed E-state index contributed by atoms with van der Waals surface area (Å²) >= 11 is 1.27. The van der Waals surface area contributed by atoms with E-state index in [2.05, 4.69) is 11.3 Å². The minimum Gasteiger partial charge on any atom is -0.468 e. The van der Waals surface area contributed by atoms with Crippen LogP contribution in [0.15, 0.2) is 12.2 Å². The zero-order valence-electron chi connectivity index (χ0n) is 8.37. The topological polar surface area (TPSA) is 52.6 Å². The number of esters is 2. The highest BCUT2D eigenvalue weighted by Crippen LogP contribution is 2.07. The Morgan fingerprint density at radius 1 is 1.36 bits per heavy atom. The molecule has 0 amide bonds. The lowest BCUT2D eigenvalue weighted by Gasteiger charge is -2.04. The molecule has 0 aromatic heterocycles. The van der Waals surface area contributed by atoms with Crippen molar-refractivity contribution in [2.75, 3.05) is 25.2 Å². The number of methoxy groups -OCH3 is 1. The van der Waals surface area contributed by atoms with E-state index in [1.807, 2.05) is 0 Å². The van der Waals surface area contributed by atoms with Crippen LogP contribution in [0.3, 0.4) is 0 Å². The van der Waals surface area contributed by atoms with Crippen molar-refractivity contribution >= 4 is 23.7 Å². The molecule has 0 aromatic rings. The summed E-state index contributed by atoms with van der Waals surface area (Å²) < 4.78 is 9.15. The van der Waals surface area contributed by atoms with E-state index in [0.717, 1.165) is 0 Å². The lowest BCUT2D eigenvalue weighted by atomic mass is 10.4. The lowest BCUT2D eigenvalue weighted by Crippen LogP contribution is -2.10. The molecule has 0 rings (SSSR count). The van der Waals surface area contributed by atoms with E-state index in [-0.39, 0.29) is 11.7 Å². The molecule has 0 fully saturated rings. The summed E-state index contributed by atoms with van der Waals surface area (Å²) in [7, 11) is 1.32. The molecule has 0 aliphatic heterocycles. The number of carbonyl (C=O) groups excluding carboxylic acids is 2. The van der Waals surface area contributed by atoms with Crippen molar-refractivity contribution in [3.05, 3.63) is 12.2 Å². The zero-order chi connectivity index (χ0) is 11.0. The minimum atomic E-state index is -0.412. The molecule has 0 bridgehead atoms. The Morgan fingerprint density at radius 3 is 2.50 bits per heavy atom. The maximum absolute atomic E-state index is 11.0. The second-order valence-electron chi connectivity index (χ2n) is 2.39.